The molecule has 0 aromatic heterocycles. The van der Waals surface area contributed by atoms with Crippen LogP contribution in [0.5, 0.6) is 0 Å². The van der Waals surface area contributed by atoms with Gasteiger partial charge in [0.2, 0.25) is 0 Å². The van der Waals surface area contributed by atoms with E-state index in [1.54, 1.807) is 0 Å². The van der Waals surface area contributed by atoms with Crippen molar-refractivity contribution in [3.63, 3.8) is 0 Å². The molecule has 0 bridgehead atoms. The number of carbonyl (C=O) groups is 1. The van der Waals surface area contributed by atoms with Gasteiger partial charge in [-0.25, -0.2) is 0 Å². The first kappa shape index (κ1) is 29.2. The smallest absolute Gasteiger partial charge is 0.337 e. The molecule has 30 heavy (non-hydrogen) atoms. The normalized spacial score (nSPS) is 11.0. The molecule has 5 heteroatoms. The zero-order chi connectivity index (χ0) is 22.0. The van der Waals surface area contributed by atoms with Gasteiger partial charge in [-0.2, -0.15) is 4.79 Å². The van der Waals surface area contributed by atoms with Crippen LogP contribution in [0.2, 0.25) is 0 Å². The van der Waals surface area contributed by atoms with Crippen molar-refractivity contribution < 1.29 is 14.5 Å². The third kappa shape index (κ3) is 25.2. The van der Waals surface area contributed by atoms with Crippen LogP contribution in [0, 0.1) is 0 Å². The van der Waals surface area contributed by atoms with Gasteiger partial charge in [-0.05, 0) is 12.8 Å². The van der Waals surface area contributed by atoms with Crippen molar-refractivity contribution >= 4 is 6.16 Å². The van der Waals surface area contributed by atoms with Gasteiger partial charge in [-0.15, -0.1) is 11.0 Å². The molecule has 0 aromatic carbocycles. The first-order chi connectivity index (χ1) is 14.8. The van der Waals surface area contributed by atoms with E-state index < -0.39 is 6.16 Å². The second-order valence-electron chi connectivity index (χ2n) is 8.61. The molecule has 0 spiro atoms. The molecule has 0 rings (SSSR count). The van der Waals surface area contributed by atoms with Gasteiger partial charge < -0.3 is 9.68 Å². The van der Waals surface area contributed by atoms with Gasteiger partial charge in [0.15, 0.2) is 0 Å². The van der Waals surface area contributed by atoms with E-state index in [4.69, 9.17) is 9.68 Å². The van der Waals surface area contributed by atoms with E-state index >= 15 is 0 Å². The van der Waals surface area contributed by atoms with Crippen molar-refractivity contribution in [3.05, 3.63) is 0 Å². The predicted molar refractivity (Wildman–Crippen MR) is 127 cm³/mol. The molecular formula is C25H52N2O3. The molecule has 2 N–H and O–H groups in total. The van der Waals surface area contributed by atoms with Crippen LogP contribution in [-0.4, -0.2) is 19.2 Å². The maximum atomic E-state index is 11.4. The molecule has 0 saturated carbocycles. The summed E-state index contributed by atoms with van der Waals surface area (Å²) in [4.78, 5) is 21.1. The number of hydroxylamine groups is 2. The second-order valence-corrected chi connectivity index (χ2v) is 8.61. The zero-order valence-electron chi connectivity index (χ0n) is 20.3. The number of hydrogen-bond acceptors (Lipinski definition) is 5. The summed E-state index contributed by atoms with van der Waals surface area (Å²) in [6.07, 6.45) is 25.3. The Morgan fingerprint density at radius 3 is 1.03 bits per heavy atom. The van der Waals surface area contributed by atoms with Crippen molar-refractivity contribution in [3.8, 4) is 0 Å². The summed E-state index contributed by atoms with van der Waals surface area (Å²) in [5.74, 6) is 0. The van der Waals surface area contributed by atoms with Crippen LogP contribution < -0.4 is 11.0 Å². The van der Waals surface area contributed by atoms with Crippen molar-refractivity contribution in [1.82, 2.24) is 11.0 Å². The average Bonchev–Trinajstić information content (AvgIpc) is 2.75. The number of carbonyl (C=O) groups excluding carboxylic acids is 1. The van der Waals surface area contributed by atoms with Crippen LogP contribution in [0.4, 0.5) is 4.79 Å². The Labute approximate surface area is 187 Å². The first-order valence-corrected chi connectivity index (χ1v) is 13.1. The topological polar surface area (TPSA) is 59.6 Å². The third-order valence-electron chi connectivity index (χ3n) is 5.58. The fraction of sp³-hybridized carbons (Fsp3) is 0.960. The van der Waals surface area contributed by atoms with Gasteiger partial charge in [-0.1, -0.05) is 129 Å². The Morgan fingerprint density at radius 2 is 0.733 bits per heavy atom. The lowest BCUT2D eigenvalue weighted by atomic mass is 10.1. The molecule has 0 amide bonds. The highest BCUT2D eigenvalue weighted by Gasteiger charge is 2.03. The Morgan fingerprint density at radius 1 is 0.467 bits per heavy atom. The summed E-state index contributed by atoms with van der Waals surface area (Å²) >= 11 is 0. The largest absolute Gasteiger partial charge is 0.547 e. The van der Waals surface area contributed by atoms with Crippen LogP contribution in [0.15, 0.2) is 0 Å². The first-order valence-electron chi connectivity index (χ1n) is 13.1. The van der Waals surface area contributed by atoms with E-state index in [1.807, 2.05) is 0 Å². The van der Waals surface area contributed by atoms with Gasteiger partial charge in [0.25, 0.3) is 0 Å². The fourth-order valence-electron chi connectivity index (χ4n) is 3.61. The highest BCUT2D eigenvalue weighted by atomic mass is 16.9. The molecule has 0 heterocycles. The molecule has 180 valence electrons. The molecule has 0 aliphatic rings. The van der Waals surface area contributed by atoms with Gasteiger partial charge in [0, 0.05) is 13.1 Å². The summed E-state index contributed by atoms with van der Waals surface area (Å²) < 4.78 is 0. The van der Waals surface area contributed by atoms with E-state index in [0.717, 1.165) is 12.8 Å². The Balaban J connectivity index is 3.14. The SMILES string of the molecule is CCCCCCCCCCCCNOC(=O)ONCCCCCCCCCCCC. The van der Waals surface area contributed by atoms with Crippen LogP contribution in [0.3, 0.4) is 0 Å². The standard InChI is InChI=1S/C25H52N2O3/c1-3-5-7-9-11-13-15-17-19-21-23-26-29-25(28)30-27-24-22-20-18-16-14-12-10-8-6-4-2/h26-27H,3-24H2,1-2H3. The van der Waals surface area contributed by atoms with Crippen LogP contribution >= 0.6 is 0 Å². The quantitative estimate of drug-likeness (QED) is 0.120. The maximum Gasteiger partial charge on any atom is 0.547 e. The molecule has 0 aromatic rings. The lowest BCUT2D eigenvalue weighted by Crippen LogP contribution is -2.27. The number of unbranched alkanes of at least 4 members (excludes halogenated alkanes) is 18. The van der Waals surface area contributed by atoms with Crippen LogP contribution in [0.25, 0.3) is 0 Å². The highest BCUT2D eigenvalue weighted by molar-refractivity contribution is 5.58. The zero-order valence-corrected chi connectivity index (χ0v) is 20.3. The van der Waals surface area contributed by atoms with Crippen LogP contribution in [0.1, 0.15) is 142 Å². The van der Waals surface area contributed by atoms with Crippen molar-refractivity contribution in [2.75, 3.05) is 13.1 Å². The molecular weight excluding hydrogens is 376 g/mol. The van der Waals surface area contributed by atoms with Gasteiger partial charge in [0.05, 0.1) is 0 Å². The number of nitrogens with one attached hydrogen (secondary N) is 2. The van der Waals surface area contributed by atoms with E-state index in [1.165, 1.54) is 116 Å². The molecule has 0 aliphatic carbocycles. The van der Waals surface area contributed by atoms with Crippen molar-refractivity contribution in [2.45, 2.75) is 142 Å². The Hall–Kier alpha value is -0.810. The minimum atomic E-state index is -0.700. The van der Waals surface area contributed by atoms with Gasteiger partial charge >= 0.3 is 6.16 Å². The molecule has 0 fully saturated rings. The molecule has 0 aliphatic heterocycles. The Kier molecular flexibility index (Phi) is 25.5. The summed E-state index contributed by atoms with van der Waals surface area (Å²) in [6, 6.07) is 0. The van der Waals surface area contributed by atoms with Gasteiger partial charge in [0.1, 0.15) is 0 Å². The maximum absolute atomic E-state index is 11.4. The molecule has 0 atom stereocenters. The van der Waals surface area contributed by atoms with E-state index in [2.05, 4.69) is 24.8 Å². The van der Waals surface area contributed by atoms with E-state index in [-0.39, 0.29) is 0 Å². The fourth-order valence-corrected chi connectivity index (χ4v) is 3.61. The highest BCUT2D eigenvalue weighted by Crippen LogP contribution is 2.11. The average molecular weight is 429 g/mol. The summed E-state index contributed by atoms with van der Waals surface area (Å²) in [7, 11) is 0. The van der Waals surface area contributed by atoms with Gasteiger partial charge in [-0.3, -0.25) is 0 Å². The van der Waals surface area contributed by atoms with Crippen molar-refractivity contribution in [2.24, 2.45) is 0 Å². The lowest BCUT2D eigenvalue weighted by molar-refractivity contribution is -0.0141. The molecule has 0 unspecified atom stereocenters. The Bertz CT molecular complexity index is 310. The second kappa shape index (κ2) is 26.2. The minimum Gasteiger partial charge on any atom is -0.337 e. The lowest BCUT2D eigenvalue weighted by Gasteiger charge is -2.07. The molecule has 0 radical (unpaired) electrons. The van der Waals surface area contributed by atoms with Crippen LogP contribution in [-0.2, 0) is 9.68 Å². The summed E-state index contributed by atoms with van der Waals surface area (Å²) in [5.41, 5.74) is 5.38. The van der Waals surface area contributed by atoms with E-state index in [9.17, 15) is 4.79 Å². The monoisotopic (exact) mass is 428 g/mol. The predicted octanol–water partition coefficient (Wildman–Crippen LogP) is 7.99. The summed E-state index contributed by atoms with van der Waals surface area (Å²) in [5, 5.41) is 0. The van der Waals surface area contributed by atoms with E-state index in [0.29, 0.717) is 13.1 Å². The van der Waals surface area contributed by atoms with Crippen molar-refractivity contribution in [1.29, 1.82) is 0 Å². The summed E-state index contributed by atoms with van der Waals surface area (Å²) in [6.45, 7) is 5.88. The minimum absolute atomic E-state index is 0.685. The third-order valence-corrected chi connectivity index (χ3v) is 5.58. The number of rotatable bonds is 24. The number of hydrogen-bond donors (Lipinski definition) is 2. The molecule has 0 saturated heterocycles. The molecule has 5 nitrogen and oxygen atoms in total.